The van der Waals surface area contributed by atoms with E-state index in [1.165, 1.54) is 0 Å². The molecule has 4 rings (SSSR count). The number of ether oxygens (including phenoxy) is 2. The molecule has 3 aromatic carbocycles. The minimum atomic E-state index is -0.827. The second kappa shape index (κ2) is 10.5. The lowest BCUT2D eigenvalue weighted by Gasteiger charge is -2.32. The number of carboxylic acids is 1. The molecule has 5 nitrogen and oxygen atoms in total. The molecule has 1 saturated heterocycles. The van der Waals surface area contributed by atoms with Gasteiger partial charge in [-0.1, -0.05) is 65.7 Å². The quantitative estimate of drug-likeness (QED) is 0.410. The lowest BCUT2D eigenvalue weighted by Crippen LogP contribution is -2.39. The van der Waals surface area contributed by atoms with E-state index in [-0.39, 0.29) is 6.04 Å². The first-order valence-corrected chi connectivity index (χ1v) is 11.5. The van der Waals surface area contributed by atoms with Gasteiger partial charge in [0.1, 0.15) is 12.6 Å². The number of rotatable bonds is 8. The zero-order chi connectivity index (χ0) is 23.4. The van der Waals surface area contributed by atoms with Gasteiger partial charge < -0.3 is 14.6 Å². The zero-order valence-electron chi connectivity index (χ0n) is 18.2. The number of carboxylic acid groups (broad SMARTS) is 1. The molecule has 7 heteroatoms. The molecule has 1 aliphatic heterocycles. The first kappa shape index (κ1) is 23.4. The van der Waals surface area contributed by atoms with Gasteiger partial charge in [-0.3, -0.25) is 9.69 Å². The predicted octanol–water partition coefficient (Wildman–Crippen LogP) is 6.22. The first-order chi connectivity index (χ1) is 16.0. The molecule has 1 aliphatic rings. The molecule has 0 bridgehead atoms. The van der Waals surface area contributed by atoms with Crippen LogP contribution in [0.25, 0.3) is 0 Å². The lowest BCUT2D eigenvalue weighted by molar-refractivity contribution is -0.142. The Bertz CT molecular complexity index is 1120. The molecule has 3 aromatic rings. The van der Waals surface area contributed by atoms with Crippen molar-refractivity contribution >= 4 is 29.2 Å². The summed E-state index contributed by atoms with van der Waals surface area (Å²) in [6, 6.07) is 20.2. The van der Waals surface area contributed by atoms with Crippen molar-refractivity contribution in [3.05, 3.63) is 93.5 Å². The van der Waals surface area contributed by atoms with Crippen molar-refractivity contribution in [3.63, 3.8) is 0 Å². The molecule has 33 heavy (non-hydrogen) atoms. The van der Waals surface area contributed by atoms with Gasteiger partial charge in [0.25, 0.3) is 0 Å². The van der Waals surface area contributed by atoms with Gasteiger partial charge in [-0.2, -0.15) is 0 Å². The van der Waals surface area contributed by atoms with Gasteiger partial charge in [-0.05, 0) is 53.8 Å². The highest BCUT2D eigenvalue weighted by atomic mass is 35.5. The number of hydrogen-bond acceptors (Lipinski definition) is 4. The van der Waals surface area contributed by atoms with E-state index in [9.17, 15) is 9.90 Å². The Kier molecular flexibility index (Phi) is 7.43. The molecular formula is C26H25Cl2NO4. The third-order valence-electron chi connectivity index (χ3n) is 5.91. The Morgan fingerprint density at radius 3 is 2.45 bits per heavy atom. The molecule has 0 radical (unpaired) electrons. The average Bonchev–Trinajstić information content (AvgIpc) is 3.31. The van der Waals surface area contributed by atoms with Crippen LogP contribution in [0.2, 0.25) is 10.0 Å². The van der Waals surface area contributed by atoms with E-state index in [0.717, 1.165) is 23.1 Å². The van der Waals surface area contributed by atoms with Crippen molar-refractivity contribution in [2.24, 2.45) is 0 Å². The maximum Gasteiger partial charge on any atom is 0.320 e. The second-order valence-corrected chi connectivity index (χ2v) is 8.81. The van der Waals surface area contributed by atoms with Crippen molar-refractivity contribution in [1.82, 2.24) is 4.90 Å². The molecule has 0 amide bonds. The van der Waals surface area contributed by atoms with E-state index in [0.29, 0.717) is 41.1 Å². The second-order valence-electron chi connectivity index (χ2n) is 7.99. The largest absolute Gasteiger partial charge is 0.493 e. The van der Waals surface area contributed by atoms with Gasteiger partial charge in [0.2, 0.25) is 0 Å². The van der Waals surface area contributed by atoms with Crippen LogP contribution in [0.1, 0.15) is 35.6 Å². The summed E-state index contributed by atoms with van der Waals surface area (Å²) < 4.78 is 11.6. The fourth-order valence-corrected chi connectivity index (χ4v) is 4.64. The number of halogens is 2. The van der Waals surface area contributed by atoms with Crippen molar-refractivity contribution < 1.29 is 19.4 Å². The van der Waals surface area contributed by atoms with Crippen LogP contribution < -0.4 is 9.47 Å². The van der Waals surface area contributed by atoms with E-state index < -0.39 is 12.0 Å². The Morgan fingerprint density at radius 2 is 1.76 bits per heavy atom. The highest BCUT2D eigenvalue weighted by Gasteiger charge is 2.37. The highest BCUT2D eigenvalue weighted by Crippen LogP contribution is 2.40. The van der Waals surface area contributed by atoms with E-state index >= 15 is 0 Å². The van der Waals surface area contributed by atoms with Crippen LogP contribution >= 0.6 is 23.2 Å². The van der Waals surface area contributed by atoms with Crippen LogP contribution in [0, 0.1) is 0 Å². The van der Waals surface area contributed by atoms with Crippen LogP contribution in [0.15, 0.2) is 66.7 Å². The summed E-state index contributed by atoms with van der Waals surface area (Å²) in [5, 5.41) is 10.7. The van der Waals surface area contributed by atoms with E-state index in [4.69, 9.17) is 32.7 Å². The number of aliphatic carboxylic acids is 1. The molecule has 2 atom stereocenters. The number of nitrogens with zero attached hydrogens (tertiary/aromatic N) is 1. The lowest BCUT2D eigenvalue weighted by atomic mass is 9.95. The minimum absolute atomic E-state index is 0.319. The van der Waals surface area contributed by atoms with Crippen molar-refractivity contribution in [2.75, 3.05) is 13.7 Å². The van der Waals surface area contributed by atoms with Gasteiger partial charge in [0.05, 0.1) is 23.2 Å². The Labute approximate surface area is 203 Å². The van der Waals surface area contributed by atoms with Crippen LogP contribution in [-0.2, 0) is 11.4 Å². The zero-order valence-corrected chi connectivity index (χ0v) is 19.7. The number of hydrogen-bond donors (Lipinski definition) is 1. The summed E-state index contributed by atoms with van der Waals surface area (Å²) in [7, 11) is 1.60. The monoisotopic (exact) mass is 485 g/mol. The fraction of sp³-hybridized carbons (Fsp3) is 0.269. The van der Waals surface area contributed by atoms with Gasteiger partial charge in [-0.15, -0.1) is 0 Å². The topological polar surface area (TPSA) is 59.0 Å². The van der Waals surface area contributed by atoms with E-state index in [1.54, 1.807) is 19.2 Å². The summed E-state index contributed by atoms with van der Waals surface area (Å²) in [6.45, 7) is 1.08. The third-order valence-corrected chi connectivity index (χ3v) is 6.65. The minimum Gasteiger partial charge on any atom is -0.493 e. The Hall–Kier alpha value is -2.73. The molecule has 0 saturated carbocycles. The third kappa shape index (κ3) is 5.27. The number of benzene rings is 3. The van der Waals surface area contributed by atoms with Gasteiger partial charge >= 0.3 is 5.97 Å². The average molecular weight is 486 g/mol. The standard InChI is InChI=1S/C26H25Cl2NO4/c1-32-24-15-19(10-12-23(24)33-16-17-6-3-2-4-7-17)25(18-9-11-20(27)21(28)14-18)29-13-5-8-22(29)26(30)31/h2-4,6-7,9-12,14-15,22,25H,5,8,13,16H2,1H3,(H,30,31). The SMILES string of the molecule is COc1cc(C(c2ccc(Cl)c(Cl)c2)N2CCCC2C(=O)O)ccc1OCc1ccccc1. The smallest absolute Gasteiger partial charge is 0.320 e. The predicted molar refractivity (Wildman–Crippen MR) is 129 cm³/mol. The van der Waals surface area contributed by atoms with Gasteiger partial charge in [0, 0.05) is 6.54 Å². The van der Waals surface area contributed by atoms with Gasteiger partial charge in [-0.25, -0.2) is 0 Å². The highest BCUT2D eigenvalue weighted by molar-refractivity contribution is 6.42. The Balaban J connectivity index is 1.70. The summed E-state index contributed by atoms with van der Waals surface area (Å²) in [6.07, 6.45) is 1.41. The summed E-state index contributed by atoms with van der Waals surface area (Å²) in [4.78, 5) is 14.0. The summed E-state index contributed by atoms with van der Waals surface area (Å²) in [5.41, 5.74) is 2.82. The molecule has 172 valence electrons. The molecule has 1 heterocycles. The van der Waals surface area contributed by atoms with Gasteiger partial charge in [0.15, 0.2) is 11.5 Å². The molecule has 0 aliphatic carbocycles. The number of methoxy groups -OCH3 is 1. The van der Waals surface area contributed by atoms with E-state index in [1.807, 2.05) is 59.5 Å². The molecule has 2 unspecified atom stereocenters. The molecular weight excluding hydrogens is 461 g/mol. The first-order valence-electron chi connectivity index (χ1n) is 10.8. The maximum absolute atomic E-state index is 12.0. The van der Waals surface area contributed by atoms with Crippen LogP contribution in [-0.4, -0.2) is 35.7 Å². The number of carbonyl (C=O) groups is 1. The van der Waals surface area contributed by atoms with Crippen LogP contribution in [0.3, 0.4) is 0 Å². The van der Waals surface area contributed by atoms with E-state index in [2.05, 4.69) is 0 Å². The normalized spacial score (nSPS) is 17.0. The number of likely N-dealkylation sites (tertiary alicyclic amines) is 1. The van der Waals surface area contributed by atoms with Crippen molar-refractivity contribution in [1.29, 1.82) is 0 Å². The maximum atomic E-state index is 12.0. The molecule has 0 spiro atoms. The summed E-state index contributed by atoms with van der Waals surface area (Å²) >= 11 is 12.5. The fourth-order valence-electron chi connectivity index (χ4n) is 4.33. The molecule has 1 fully saturated rings. The van der Waals surface area contributed by atoms with Crippen molar-refractivity contribution in [2.45, 2.75) is 31.5 Å². The molecule has 1 N–H and O–H groups in total. The van der Waals surface area contributed by atoms with Crippen LogP contribution in [0.4, 0.5) is 0 Å². The van der Waals surface area contributed by atoms with Crippen molar-refractivity contribution in [3.8, 4) is 11.5 Å². The van der Waals surface area contributed by atoms with Crippen LogP contribution in [0.5, 0.6) is 11.5 Å². The molecule has 0 aromatic heterocycles. The Morgan fingerprint density at radius 1 is 1.03 bits per heavy atom. The summed E-state index contributed by atoms with van der Waals surface area (Å²) in [5.74, 6) is 0.376.